The van der Waals surface area contributed by atoms with Gasteiger partial charge in [0.2, 0.25) is 0 Å². The molecule has 1 aromatic carbocycles. The zero-order valence-corrected chi connectivity index (χ0v) is 13.6. The first-order valence-electron chi connectivity index (χ1n) is 7.72. The summed E-state index contributed by atoms with van der Waals surface area (Å²) < 4.78 is 5.13. The van der Waals surface area contributed by atoms with Gasteiger partial charge in [-0.25, -0.2) is 0 Å². The van der Waals surface area contributed by atoms with Crippen LogP contribution in [0.25, 0.3) is 0 Å². The molecule has 0 bridgehead atoms. The van der Waals surface area contributed by atoms with Crippen LogP contribution in [0.2, 0.25) is 0 Å². The molecule has 1 fully saturated rings. The highest BCUT2D eigenvalue weighted by atomic mass is 32.1. The van der Waals surface area contributed by atoms with Crippen LogP contribution >= 0.6 is 11.3 Å². The largest absolute Gasteiger partial charge is 0.497 e. The average Bonchev–Trinajstić information content (AvgIpc) is 3.08. The zero-order chi connectivity index (χ0) is 15.4. The van der Waals surface area contributed by atoms with Crippen molar-refractivity contribution in [3.63, 3.8) is 0 Å². The predicted molar refractivity (Wildman–Crippen MR) is 89.6 cm³/mol. The Morgan fingerprint density at radius 2 is 1.95 bits per heavy atom. The van der Waals surface area contributed by atoms with E-state index in [1.165, 1.54) is 4.88 Å². The van der Waals surface area contributed by atoms with Gasteiger partial charge in [-0.1, -0.05) is 6.07 Å². The first-order valence-corrected chi connectivity index (χ1v) is 8.60. The maximum atomic E-state index is 12.5. The molecule has 3 rings (SSSR count). The number of hydrogen-bond donors (Lipinski definition) is 0. The van der Waals surface area contributed by atoms with Gasteiger partial charge in [-0.05, 0) is 60.9 Å². The zero-order valence-electron chi connectivity index (χ0n) is 12.8. The fraction of sp³-hybridized carbons (Fsp3) is 0.389. The van der Waals surface area contributed by atoms with E-state index in [9.17, 15) is 4.79 Å². The summed E-state index contributed by atoms with van der Waals surface area (Å²) in [6.07, 6.45) is 3.35. The molecule has 1 amide bonds. The van der Waals surface area contributed by atoms with Crippen LogP contribution in [0.3, 0.4) is 0 Å². The van der Waals surface area contributed by atoms with Crippen LogP contribution in [0.4, 0.5) is 0 Å². The summed E-state index contributed by atoms with van der Waals surface area (Å²) in [6.45, 7) is 1.72. The first-order chi connectivity index (χ1) is 10.8. The monoisotopic (exact) mass is 315 g/mol. The average molecular weight is 315 g/mol. The van der Waals surface area contributed by atoms with E-state index in [1.807, 2.05) is 40.5 Å². The molecule has 1 aliphatic heterocycles. The lowest BCUT2D eigenvalue weighted by atomic mass is 9.92. The van der Waals surface area contributed by atoms with E-state index in [-0.39, 0.29) is 5.91 Å². The van der Waals surface area contributed by atoms with E-state index in [2.05, 4.69) is 17.5 Å². The summed E-state index contributed by atoms with van der Waals surface area (Å²) in [5.74, 6) is 1.63. The molecule has 0 saturated carbocycles. The number of piperidine rings is 1. The van der Waals surface area contributed by atoms with E-state index in [1.54, 1.807) is 7.11 Å². The fourth-order valence-electron chi connectivity index (χ4n) is 2.97. The minimum atomic E-state index is 0.136. The molecule has 1 aliphatic rings. The molecule has 2 aromatic rings. The molecule has 116 valence electrons. The summed E-state index contributed by atoms with van der Waals surface area (Å²) in [6, 6.07) is 11.7. The molecule has 0 radical (unpaired) electrons. The topological polar surface area (TPSA) is 29.5 Å². The molecular weight excluding hydrogens is 294 g/mol. The molecule has 3 nitrogen and oxygen atoms in total. The third kappa shape index (κ3) is 3.50. The number of rotatable bonds is 4. The Morgan fingerprint density at radius 1 is 1.23 bits per heavy atom. The molecule has 0 aliphatic carbocycles. The second-order valence-corrected chi connectivity index (χ2v) is 6.78. The SMILES string of the molecule is COc1ccc(C(=O)N2CCC(Cc3cccs3)CC2)cc1. The van der Waals surface area contributed by atoms with E-state index in [4.69, 9.17) is 4.74 Å². The Hall–Kier alpha value is -1.81. The molecular formula is C18H21NO2S. The number of carbonyl (C=O) groups is 1. The Bertz CT molecular complexity index is 599. The van der Waals surface area contributed by atoms with E-state index < -0.39 is 0 Å². The van der Waals surface area contributed by atoms with Crippen LogP contribution in [0, 0.1) is 5.92 Å². The standard InChI is InChI=1S/C18H21NO2S/c1-21-16-6-4-15(5-7-16)18(20)19-10-8-14(9-11-19)13-17-3-2-12-22-17/h2-7,12,14H,8-11,13H2,1H3. The molecule has 2 heterocycles. The minimum absolute atomic E-state index is 0.136. The van der Waals surface area contributed by atoms with E-state index in [0.29, 0.717) is 5.92 Å². The number of nitrogens with zero attached hydrogens (tertiary/aromatic N) is 1. The molecule has 1 saturated heterocycles. The van der Waals surface area contributed by atoms with Crippen molar-refractivity contribution in [1.82, 2.24) is 4.90 Å². The molecule has 0 N–H and O–H groups in total. The molecule has 0 unspecified atom stereocenters. The number of methoxy groups -OCH3 is 1. The van der Waals surface area contributed by atoms with Gasteiger partial charge in [-0.15, -0.1) is 11.3 Å². The van der Waals surface area contributed by atoms with Crippen molar-refractivity contribution < 1.29 is 9.53 Å². The highest BCUT2D eigenvalue weighted by Gasteiger charge is 2.23. The van der Waals surface area contributed by atoms with Crippen LogP contribution in [0.1, 0.15) is 28.1 Å². The van der Waals surface area contributed by atoms with Crippen molar-refractivity contribution in [2.24, 2.45) is 5.92 Å². The minimum Gasteiger partial charge on any atom is -0.497 e. The number of thiophene rings is 1. The predicted octanol–water partition coefficient (Wildman–Crippen LogP) is 3.85. The van der Waals surface area contributed by atoms with Gasteiger partial charge in [0.25, 0.3) is 5.91 Å². The third-order valence-electron chi connectivity index (χ3n) is 4.31. The summed E-state index contributed by atoms with van der Waals surface area (Å²) in [4.78, 5) is 15.9. The van der Waals surface area contributed by atoms with Crippen molar-refractivity contribution in [2.45, 2.75) is 19.3 Å². The van der Waals surface area contributed by atoms with Crippen LogP contribution in [-0.4, -0.2) is 31.0 Å². The van der Waals surface area contributed by atoms with Crippen molar-refractivity contribution in [1.29, 1.82) is 0 Å². The maximum Gasteiger partial charge on any atom is 0.253 e. The van der Waals surface area contributed by atoms with Gasteiger partial charge < -0.3 is 9.64 Å². The quantitative estimate of drug-likeness (QED) is 0.857. The number of hydrogen-bond acceptors (Lipinski definition) is 3. The highest BCUT2D eigenvalue weighted by Crippen LogP contribution is 2.25. The number of benzene rings is 1. The Kier molecular flexibility index (Phi) is 4.78. The van der Waals surface area contributed by atoms with Crippen molar-refractivity contribution >= 4 is 17.2 Å². The molecule has 1 aromatic heterocycles. The number of amides is 1. The third-order valence-corrected chi connectivity index (χ3v) is 5.21. The summed E-state index contributed by atoms with van der Waals surface area (Å²) in [5, 5.41) is 2.14. The van der Waals surface area contributed by atoms with Crippen LogP contribution < -0.4 is 4.74 Å². The normalized spacial score (nSPS) is 15.8. The second kappa shape index (κ2) is 6.97. The van der Waals surface area contributed by atoms with Crippen LogP contribution in [0.5, 0.6) is 5.75 Å². The number of ether oxygens (including phenoxy) is 1. The Labute approximate surface area is 135 Å². The Morgan fingerprint density at radius 3 is 2.55 bits per heavy atom. The van der Waals surface area contributed by atoms with Crippen LogP contribution in [0.15, 0.2) is 41.8 Å². The van der Waals surface area contributed by atoms with Crippen molar-refractivity contribution in [3.05, 3.63) is 52.2 Å². The fourth-order valence-corrected chi connectivity index (χ4v) is 3.79. The Balaban J connectivity index is 1.54. The van der Waals surface area contributed by atoms with Crippen molar-refractivity contribution in [3.8, 4) is 5.75 Å². The van der Waals surface area contributed by atoms with Gasteiger partial charge in [-0.2, -0.15) is 0 Å². The smallest absolute Gasteiger partial charge is 0.253 e. The van der Waals surface area contributed by atoms with Crippen molar-refractivity contribution in [2.75, 3.05) is 20.2 Å². The number of carbonyl (C=O) groups excluding carboxylic acids is 1. The van der Waals surface area contributed by atoms with Gasteiger partial charge in [0.1, 0.15) is 5.75 Å². The lowest BCUT2D eigenvalue weighted by molar-refractivity contribution is 0.0691. The molecule has 4 heteroatoms. The molecule has 0 spiro atoms. The lowest BCUT2D eigenvalue weighted by Gasteiger charge is -2.32. The van der Waals surface area contributed by atoms with E-state index in [0.717, 1.165) is 43.7 Å². The van der Waals surface area contributed by atoms with Gasteiger partial charge in [-0.3, -0.25) is 4.79 Å². The van der Waals surface area contributed by atoms with Crippen LogP contribution in [-0.2, 0) is 6.42 Å². The van der Waals surface area contributed by atoms with Gasteiger partial charge in [0.05, 0.1) is 7.11 Å². The molecule has 22 heavy (non-hydrogen) atoms. The maximum absolute atomic E-state index is 12.5. The second-order valence-electron chi connectivity index (χ2n) is 5.75. The van der Waals surface area contributed by atoms with Gasteiger partial charge in [0, 0.05) is 23.5 Å². The van der Waals surface area contributed by atoms with Gasteiger partial charge in [0.15, 0.2) is 0 Å². The number of likely N-dealkylation sites (tertiary alicyclic amines) is 1. The highest BCUT2D eigenvalue weighted by molar-refractivity contribution is 7.09. The lowest BCUT2D eigenvalue weighted by Crippen LogP contribution is -2.38. The van der Waals surface area contributed by atoms with Gasteiger partial charge >= 0.3 is 0 Å². The first kappa shape index (κ1) is 15.1. The van der Waals surface area contributed by atoms with E-state index >= 15 is 0 Å². The summed E-state index contributed by atoms with van der Waals surface area (Å²) in [7, 11) is 1.63. The summed E-state index contributed by atoms with van der Waals surface area (Å²) >= 11 is 1.83. The summed E-state index contributed by atoms with van der Waals surface area (Å²) in [5.41, 5.74) is 0.748. The molecule has 0 atom stereocenters.